The van der Waals surface area contributed by atoms with Crippen LogP contribution in [0.3, 0.4) is 0 Å². The number of hydrogen-bond acceptors (Lipinski definition) is 4. The smallest absolute Gasteiger partial charge is 0.303 e. The molecule has 1 atom stereocenters. The Hall–Kier alpha value is -1.43. The molecule has 0 saturated heterocycles. The Morgan fingerprint density at radius 2 is 2.14 bits per heavy atom. The Morgan fingerprint density at radius 3 is 2.76 bits per heavy atom. The predicted octanol–water partition coefficient (Wildman–Crippen LogP) is 3.71. The average Bonchev–Trinajstić information content (AvgIpc) is 2.86. The highest BCUT2D eigenvalue weighted by Crippen LogP contribution is 2.20. The molecule has 1 unspecified atom stereocenters. The molecule has 1 heterocycles. The Balaban J connectivity index is 2.45. The van der Waals surface area contributed by atoms with E-state index in [9.17, 15) is 9.59 Å². The van der Waals surface area contributed by atoms with E-state index in [-0.39, 0.29) is 18.2 Å². The molecule has 0 aliphatic heterocycles. The summed E-state index contributed by atoms with van der Waals surface area (Å²) in [6.45, 7) is 4.15. The van der Waals surface area contributed by atoms with Crippen LogP contribution in [0.2, 0.25) is 0 Å². The fraction of sp³-hybridized carbons (Fsp3) is 0.667. The summed E-state index contributed by atoms with van der Waals surface area (Å²) < 4.78 is 0. The van der Waals surface area contributed by atoms with E-state index in [0.29, 0.717) is 18.0 Å². The van der Waals surface area contributed by atoms with E-state index < -0.39 is 5.97 Å². The third-order valence-electron chi connectivity index (χ3n) is 3.38. The number of carbonyl (C=O) groups is 2. The molecule has 21 heavy (non-hydrogen) atoms. The number of aryl methyl sites for hydroxylation is 1. The molecule has 5 nitrogen and oxygen atoms in total. The van der Waals surface area contributed by atoms with Crippen molar-refractivity contribution in [2.75, 3.05) is 5.32 Å². The van der Waals surface area contributed by atoms with Crippen molar-refractivity contribution in [2.45, 2.75) is 58.8 Å². The van der Waals surface area contributed by atoms with Gasteiger partial charge in [-0.2, -0.15) is 0 Å². The average molecular weight is 312 g/mol. The summed E-state index contributed by atoms with van der Waals surface area (Å²) in [5.74, 6) is -0.706. The van der Waals surface area contributed by atoms with Gasteiger partial charge in [-0.1, -0.05) is 26.7 Å². The van der Waals surface area contributed by atoms with Gasteiger partial charge in [0.05, 0.1) is 5.69 Å². The van der Waals surface area contributed by atoms with Crippen molar-refractivity contribution in [2.24, 2.45) is 5.92 Å². The zero-order valence-corrected chi connectivity index (χ0v) is 13.5. The van der Waals surface area contributed by atoms with Crippen LogP contribution in [0.1, 0.15) is 58.1 Å². The Bertz CT molecular complexity index is 460. The number of carbonyl (C=O) groups excluding carboxylic acids is 1. The highest BCUT2D eigenvalue weighted by atomic mass is 32.1. The van der Waals surface area contributed by atoms with Gasteiger partial charge in [-0.05, 0) is 25.7 Å². The Labute approximate surface area is 129 Å². The highest BCUT2D eigenvalue weighted by Gasteiger charge is 2.17. The van der Waals surface area contributed by atoms with Crippen molar-refractivity contribution in [1.29, 1.82) is 0 Å². The number of nitrogens with zero attached hydrogens (tertiary/aromatic N) is 1. The monoisotopic (exact) mass is 312 g/mol. The molecule has 0 fully saturated rings. The Kier molecular flexibility index (Phi) is 7.97. The van der Waals surface area contributed by atoms with Gasteiger partial charge in [0, 0.05) is 17.7 Å². The van der Waals surface area contributed by atoms with Crippen LogP contribution in [-0.2, 0) is 16.0 Å². The van der Waals surface area contributed by atoms with Crippen LogP contribution in [0.5, 0.6) is 0 Å². The normalized spacial score (nSPS) is 12.1. The molecule has 0 aromatic carbocycles. The molecule has 0 aliphatic carbocycles. The van der Waals surface area contributed by atoms with E-state index in [4.69, 9.17) is 5.11 Å². The van der Waals surface area contributed by atoms with Crippen LogP contribution in [0.4, 0.5) is 5.13 Å². The van der Waals surface area contributed by atoms with Crippen LogP contribution in [0, 0.1) is 5.92 Å². The molecular formula is C15H24N2O3S. The molecule has 1 rings (SSSR count). The first-order valence-electron chi connectivity index (χ1n) is 7.53. The van der Waals surface area contributed by atoms with E-state index in [2.05, 4.69) is 17.2 Å². The summed E-state index contributed by atoms with van der Waals surface area (Å²) in [5, 5.41) is 14.0. The molecule has 2 N–H and O–H groups in total. The van der Waals surface area contributed by atoms with E-state index in [1.54, 1.807) is 0 Å². The van der Waals surface area contributed by atoms with Crippen LogP contribution in [-0.4, -0.2) is 22.0 Å². The lowest BCUT2D eigenvalue weighted by Crippen LogP contribution is -2.22. The minimum Gasteiger partial charge on any atom is -0.481 e. The number of rotatable bonds is 10. The second-order valence-corrected chi connectivity index (χ2v) is 5.99. The topological polar surface area (TPSA) is 79.3 Å². The number of thiazole rings is 1. The van der Waals surface area contributed by atoms with Crippen molar-refractivity contribution in [3.05, 3.63) is 11.1 Å². The van der Waals surface area contributed by atoms with Crippen LogP contribution >= 0.6 is 11.3 Å². The SMILES string of the molecule is CCCCC(CC)C(=O)Nc1nc(CCCC(=O)O)cs1. The number of aliphatic carboxylic acids is 1. The van der Waals surface area contributed by atoms with Gasteiger partial charge in [0.1, 0.15) is 0 Å². The lowest BCUT2D eigenvalue weighted by molar-refractivity contribution is -0.137. The van der Waals surface area contributed by atoms with Crippen molar-refractivity contribution >= 4 is 28.3 Å². The third kappa shape index (κ3) is 6.71. The summed E-state index contributed by atoms with van der Waals surface area (Å²) >= 11 is 1.40. The Morgan fingerprint density at radius 1 is 1.38 bits per heavy atom. The van der Waals surface area contributed by atoms with Crippen molar-refractivity contribution < 1.29 is 14.7 Å². The maximum Gasteiger partial charge on any atom is 0.303 e. The number of unbranched alkanes of at least 4 members (excludes halogenated alkanes) is 1. The molecule has 1 amide bonds. The molecule has 1 aromatic rings. The number of nitrogens with one attached hydrogen (secondary N) is 1. The second kappa shape index (κ2) is 9.50. The zero-order valence-electron chi connectivity index (χ0n) is 12.7. The number of aromatic nitrogens is 1. The van der Waals surface area contributed by atoms with Gasteiger partial charge in [-0.3, -0.25) is 9.59 Å². The molecule has 0 spiro atoms. The molecule has 118 valence electrons. The number of hydrogen-bond donors (Lipinski definition) is 2. The van der Waals surface area contributed by atoms with E-state index in [0.717, 1.165) is 31.4 Å². The lowest BCUT2D eigenvalue weighted by Gasteiger charge is -2.12. The fourth-order valence-electron chi connectivity index (χ4n) is 2.08. The van der Waals surface area contributed by atoms with Crippen LogP contribution in [0.15, 0.2) is 5.38 Å². The van der Waals surface area contributed by atoms with Crippen molar-refractivity contribution in [3.63, 3.8) is 0 Å². The maximum absolute atomic E-state index is 12.1. The first-order valence-corrected chi connectivity index (χ1v) is 8.41. The summed E-state index contributed by atoms with van der Waals surface area (Å²) in [5.41, 5.74) is 0.846. The van der Waals surface area contributed by atoms with E-state index in [1.165, 1.54) is 11.3 Å². The second-order valence-electron chi connectivity index (χ2n) is 5.13. The van der Waals surface area contributed by atoms with Crippen LogP contribution in [0.25, 0.3) is 0 Å². The van der Waals surface area contributed by atoms with Gasteiger partial charge >= 0.3 is 5.97 Å². The molecule has 0 radical (unpaired) electrons. The fourth-order valence-corrected chi connectivity index (χ4v) is 2.83. The number of carboxylic acids is 1. The van der Waals surface area contributed by atoms with Gasteiger partial charge in [0.15, 0.2) is 5.13 Å². The number of carboxylic acid groups (broad SMARTS) is 1. The first-order chi connectivity index (χ1) is 10.1. The van der Waals surface area contributed by atoms with Crippen molar-refractivity contribution in [1.82, 2.24) is 4.98 Å². The standard InChI is InChI=1S/C15H24N2O3S/c1-3-5-7-11(4-2)14(20)17-15-16-12(10-21-15)8-6-9-13(18)19/h10-11H,3-9H2,1-2H3,(H,18,19)(H,16,17,20). The third-order valence-corrected chi connectivity index (χ3v) is 4.18. The van der Waals surface area contributed by atoms with Gasteiger partial charge in [0.2, 0.25) is 5.91 Å². The molecule has 0 aliphatic rings. The van der Waals surface area contributed by atoms with Crippen molar-refractivity contribution in [3.8, 4) is 0 Å². The number of anilines is 1. The summed E-state index contributed by atoms with van der Waals surface area (Å²) in [6.07, 6.45) is 5.25. The minimum atomic E-state index is -0.791. The number of amides is 1. The highest BCUT2D eigenvalue weighted by molar-refractivity contribution is 7.13. The predicted molar refractivity (Wildman–Crippen MR) is 84.6 cm³/mol. The van der Waals surface area contributed by atoms with E-state index >= 15 is 0 Å². The quantitative estimate of drug-likeness (QED) is 0.690. The summed E-state index contributed by atoms with van der Waals surface area (Å²) in [6, 6.07) is 0. The van der Waals surface area contributed by atoms with E-state index in [1.807, 2.05) is 12.3 Å². The lowest BCUT2D eigenvalue weighted by atomic mass is 9.99. The molecule has 1 aromatic heterocycles. The van der Waals surface area contributed by atoms with Gasteiger partial charge in [-0.15, -0.1) is 11.3 Å². The molecular weight excluding hydrogens is 288 g/mol. The summed E-state index contributed by atoms with van der Waals surface area (Å²) in [7, 11) is 0. The zero-order chi connectivity index (χ0) is 15.7. The minimum absolute atomic E-state index is 0.0392. The molecule has 6 heteroatoms. The largest absolute Gasteiger partial charge is 0.481 e. The molecule has 0 saturated carbocycles. The van der Waals surface area contributed by atoms with Gasteiger partial charge in [0.25, 0.3) is 0 Å². The van der Waals surface area contributed by atoms with Gasteiger partial charge < -0.3 is 10.4 Å². The molecule has 0 bridgehead atoms. The first kappa shape index (κ1) is 17.6. The van der Waals surface area contributed by atoms with Crippen LogP contribution < -0.4 is 5.32 Å². The maximum atomic E-state index is 12.1. The van der Waals surface area contributed by atoms with Gasteiger partial charge in [-0.25, -0.2) is 4.98 Å². The summed E-state index contributed by atoms with van der Waals surface area (Å²) in [4.78, 5) is 26.9.